The van der Waals surface area contributed by atoms with Gasteiger partial charge in [0.15, 0.2) is 0 Å². The first-order valence-electron chi connectivity index (χ1n) is 6.26. The van der Waals surface area contributed by atoms with E-state index in [0.717, 1.165) is 27.4 Å². The summed E-state index contributed by atoms with van der Waals surface area (Å²) in [4.78, 5) is 0. The topological polar surface area (TPSA) is 14.2 Å². The summed E-state index contributed by atoms with van der Waals surface area (Å²) in [5.41, 5.74) is 2.09. The second kappa shape index (κ2) is 5.39. The predicted molar refractivity (Wildman–Crippen MR) is 83.7 cm³/mol. The molecule has 0 atom stereocenters. The molecule has 4 heteroatoms. The predicted octanol–water partition coefficient (Wildman–Crippen LogP) is 5.06. The first-order chi connectivity index (χ1) is 9.65. The number of fused-ring (bicyclic) bond motifs is 1. The van der Waals surface area contributed by atoms with Gasteiger partial charge in [0, 0.05) is 17.5 Å². The monoisotopic (exact) mass is 305 g/mol. The summed E-state index contributed by atoms with van der Waals surface area (Å²) < 4.78 is 7.83. The summed E-state index contributed by atoms with van der Waals surface area (Å²) in [6.45, 7) is 0.474. The number of benzene rings is 2. The lowest BCUT2D eigenvalue weighted by atomic mass is 10.2. The Labute approximate surface area is 127 Å². The third-order valence-corrected chi connectivity index (χ3v) is 3.83. The first-order valence-corrected chi connectivity index (χ1v) is 7.02. The van der Waals surface area contributed by atoms with E-state index in [1.807, 2.05) is 43.4 Å². The molecule has 0 bridgehead atoms. The summed E-state index contributed by atoms with van der Waals surface area (Å²) in [6.07, 6.45) is 0. The zero-order chi connectivity index (χ0) is 14.1. The van der Waals surface area contributed by atoms with Gasteiger partial charge in [0.1, 0.15) is 12.4 Å². The second-order valence-electron chi connectivity index (χ2n) is 4.62. The quantitative estimate of drug-likeness (QED) is 0.659. The van der Waals surface area contributed by atoms with Crippen molar-refractivity contribution < 1.29 is 4.74 Å². The van der Waals surface area contributed by atoms with Gasteiger partial charge < -0.3 is 9.30 Å². The molecule has 0 N–H and O–H groups in total. The van der Waals surface area contributed by atoms with Crippen molar-refractivity contribution in [3.8, 4) is 5.75 Å². The first kappa shape index (κ1) is 13.3. The molecule has 1 heterocycles. The highest BCUT2D eigenvalue weighted by Crippen LogP contribution is 2.27. The number of aromatic nitrogens is 1. The van der Waals surface area contributed by atoms with E-state index in [-0.39, 0.29) is 0 Å². The molecule has 1 aromatic heterocycles. The molecule has 2 nitrogen and oxygen atoms in total. The summed E-state index contributed by atoms with van der Waals surface area (Å²) in [7, 11) is 1.99. The smallest absolute Gasteiger partial charge is 0.128 e. The molecule has 0 amide bonds. The van der Waals surface area contributed by atoms with Crippen LogP contribution >= 0.6 is 23.2 Å². The van der Waals surface area contributed by atoms with Gasteiger partial charge in [-0.3, -0.25) is 0 Å². The van der Waals surface area contributed by atoms with Crippen LogP contribution in [0.2, 0.25) is 10.0 Å². The van der Waals surface area contributed by atoms with Gasteiger partial charge in [-0.15, -0.1) is 0 Å². The number of ether oxygens (including phenoxy) is 1. The van der Waals surface area contributed by atoms with Crippen molar-refractivity contribution in [3.63, 3.8) is 0 Å². The average molecular weight is 306 g/mol. The Morgan fingerprint density at radius 2 is 1.85 bits per heavy atom. The van der Waals surface area contributed by atoms with Gasteiger partial charge in [0.2, 0.25) is 0 Å². The Morgan fingerprint density at radius 3 is 2.60 bits per heavy atom. The minimum absolute atomic E-state index is 0.474. The second-order valence-corrected chi connectivity index (χ2v) is 5.46. The molecule has 0 radical (unpaired) electrons. The van der Waals surface area contributed by atoms with Crippen molar-refractivity contribution in [2.24, 2.45) is 7.05 Å². The third kappa shape index (κ3) is 2.49. The molecule has 20 heavy (non-hydrogen) atoms. The Kier molecular flexibility index (Phi) is 3.60. The van der Waals surface area contributed by atoms with Crippen molar-refractivity contribution in [1.29, 1.82) is 0 Å². The number of aryl methyl sites for hydroxylation is 1. The van der Waals surface area contributed by atoms with Gasteiger partial charge in [-0.25, -0.2) is 0 Å². The number of hydrogen-bond acceptors (Lipinski definition) is 1. The Morgan fingerprint density at radius 1 is 1.05 bits per heavy atom. The van der Waals surface area contributed by atoms with E-state index < -0.39 is 0 Å². The summed E-state index contributed by atoms with van der Waals surface area (Å²) >= 11 is 12.2. The molecule has 0 saturated carbocycles. The molecular weight excluding hydrogens is 293 g/mol. The van der Waals surface area contributed by atoms with Crippen LogP contribution in [-0.2, 0) is 13.7 Å². The standard InChI is InChI=1S/C16H13Cl2NO/c1-19-13(8-11-4-2-7-15(18)16(11)19)10-20-14-6-3-5-12(17)9-14/h2-9H,10H2,1H3. The number of hydrogen-bond donors (Lipinski definition) is 0. The van der Waals surface area contributed by atoms with Gasteiger partial charge in [-0.05, 0) is 30.3 Å². The molecule has 0 aliphatic heterocycles. The third-order valence-electron chi connectivity index (χ3n) is 3.29. The number of para-hydroxylation sites is 1. The normalized spacial score (nSPS) is 10.9. The lowest BCUT2D eigenvalue weighted by Gasteiger charge is -2.08. The minimum atomic E-state index is 0.474. The SMILES string of the molecule is Cn1c(COc2cccc(Cl)c2)cc2cccc(Cl)c21. The highest BCUT2D eigenvalue weighted by atomic mass is 35.5. The lowest BCUT2D eigenvalue weighted by Crippen LogP contribution is -2.01. The molecule has 0 aliphatic rings. The number of nitrogens with zero attached hydrogens (tertiary/aromatic N) is 1. The van der Waals surface area contributed by atoms with Crippen LogP contribution < -0.4 is 4.74 Å². The number of halogens is 2. The number of rotatable bonds is 3. The highest BCUT2D eigenvalue weighted by molar-refractivity contribution is 6.35. The molecule has 0 saturated heterocycles. The highest BCUT2D eigenvalue weighted by Gasteiger charge is 2.09. The van der Waals surface area contributed by atoms with Crippen molar-refractivity contribution in [3.05, 3.63) is 64.3 Å². The van der Waals surface area contributed by atoms with Crippen LogP contribution in [0.15, 0.2) is 48.5 Å². The van der Waals surface area contributed by atoms with Crippen LogP contribution in [0.4, 0.5) is 0 Å². The van der Waals surface area contributed by atoms with Crippen molar-refractivity contribution >= 4 is 34.1 Å². The van der Waals surface area contributed by atoms with Crippen molar-refractivity contribution in [2.45, 2.75) is 6.61 Å². The fourth-order valence-corrected chi connectivity index (χ4v) is 2.76. The van der Waals surface area contributed by atoms with Gasteiger partial charge in [0.25, 0.3) is 0 Å². The molecule has 0 spiro atoms. The van der Waals surface area contributed by atoms with Crippen LogP contribution in [-0.4, -0.2) is 4.57 Å². The van der Waals surface area contributed by atoms with Crippen LogP contribution in [0.5, 0.6) is 5.75 Å². The van der Waals surface area contributed by atoms with Gasteiger partial charge in [0.05, 0.1) is 16.2 Å². The van der Waals surface area contributed by atoms with Crippen LogP contribution in [0.1, 0.15) is 5.69 Å². The van der Waals surface area contributed by atoms with Crippen LogP contribution in [0.3, 0.4) is 0 Å². The maximum atomic E-state index is 6.23. The van der Waals surface area contributed by atoms with Crippen molar-refractivity contribution in [1.82, 2.24) is 4.57 Å². The Hall–Kier alpha value is -1.64. The molecule has 0 fully saturated rings. The average Bonchev–Trinajstić information content (AvgIpc) is 2.75. The van der Waals surface area contributed by atoms with E-state index in [1.54, 1.807) is 6.07 Å². The molecule has 0 unspecified atom stereocenters. The van der Waals surface area contributed by atoms with E-state index in [0.29, 0.717) is 11.6 Å². The fourth-order valence-electron chi connectivity index (χ4n) is 2.27. The van der Waals surface area contributed by atoms with Gasteiger partial charge in [-0.1, -0.05) is 41.4 Å². The van der Waals surface area contributed by atoms with Gasteiger partial charge >= 0.3 is 0 Å². The van der Waals surface area contributed by atoms with E-state index in [2.05, 4.69) is 10.6 Å². The fraction of sp³-hybridized carbons (Fsp3) is 0.125. The molecule has 2 aromatic carbocycles. The summed E-state index contributed by atoms with van der Waals surface area (Å²) in [5, 5.41) is 2.53. The van der Waals surface area contributed by atoms with Crippen LogP contribution in [0.25, 0.3) is 10.9 Å². The molecule has 3 aromatic rings. The lowest BCUT2D eigenvalue weighted by molar-refractivity contribution is 0.298. The zero-order valence-corrected chi connectivity index (χ0v) is 12.4. The van der Waals surface area contributed by atoms with Gasteiger partial charge in [-0.2, -0.15) is 0 Å². The molecule has 102 valence electrons. The van der Waals surface area contributed by atoms with Crippen molar-refractivity contribution in [2.75, 3.05) is 0 Å². The summed E-state index contributed by atoms with van der Waals surface area (Å²) in [6, 6.07) is 15.4. The molecular formula is C16H13Cl2NO. The van der Waals surface area contributed by atoms with E-state index >= 15 is 0 Å². The zero-order valence-electron chi connectivity index (χ0n) is 10.9. The molecule has 3 rings (SSSR count). The van der Waals surface area contributed by atoms with E-state index in [4.69, 9.17) is 27.9 Å². The Bertz CT molecular complexity index is 764. The minimum Gasteiger partial charge on any atom is -0.487 e. The Balaban J connectivity index is 1.88. The maximum absolute atomic E-state index is 6.23. The molecule has 0 aliphatic carbocycles. The van der Waals surface area contributed by atoms with Crippen LogP contribution in [0, 0.1) is 0 Å². The maximum Gasteiger partial charge on any atom is 0.128 e. The summed E-state index contributed by atoms with van der Waals surface area (Å²) in [5.74, 6) is 0.758. The largest absolute Gasteiger partial charge is 0.487 e. The van der Waals surface area contributed by atoms with E-state index in [9.17, 15) is 0 Å². The van der Waals surface area contributed by atoms with E-state index in [1.165, 1.54) is 0 Å².